The minimum absolute atomic E-state index is 0.0215. The SMILES string of the molecule is CC(C)(C)c1ccc(O)c(NC(=O)c2cnc(-c3ccccc3)nc2)c1. The molecule has 5 nitrogen and oxygen atoms in total. The second kappa shape index (κ2) is 6.96. The Morgan fingerprint density at radius 2 is 1.65 bits per heavy atom. The van der Waals surface area contributed by atoms with Crippen molar-refractivity contribution in [3.05, 3.63) is 72.1 Å². The van der Waals surface area contributed by atoms with Gasteiger partial charge in [-0.3, -0.25) is 4.79 Å². The molecule has 0 saturated heterocycles. The van der Waals surface area contributed by atoms with Gasteiger partial charge in [0.1, 0.15) is 5.75 Å². The van der Waals surface area contributed by atoms with Gasteiger partial charge < -0.3 is 10.4 Å². The molecule has 0 spiro atoms. The van der Waals surface area contributed by atoms with Crippen LogP contribution in [0.5, 0.6) is 5.75 Å². The van der Waals surface area contributed by atoms with Crippen LogP contribution >= 0.6 is 0 Å². The fourth-order valence-electron chi connectivity index (χ4n) is 2.48. The lowest BCUT2D eigenvalue weighted by Crippen LogP contribution is -2.15. The summed E-state index contributed by atoms with van der Waals surface area (Å²) in [6.45, 7) is 6.21. The van der Waals surface area contributed by atoms with E-state index < -0.39 is 0 Å². The summed E-state index contributed by atoms with van der Waals surface area (Å²) in [7, 11) is 0. The summed E-state index contributed by atoms with van der Waals surface area (Å²) in [4.78, 5) is 21.0. The first-order valence-corrected chi connectivity index (χ1v) is 8.37. The molecule has 0 atom stereocenters. The van der Waals surface area contributed by atoms with Gasteiger partial charge in [-0.2, -0.15) is 0 Å². The average Bonchev–Trinajstić information content (AvgIpc) is 2.63. The minimum Gasteiger partial charge on any atom is -0.506 e. The molecule has 0 aliphatic rings. The molecule has 0 aliphatic heterocycles. The molecule has 1 aromatic heterocycles. The van der Waals surface area contributed by atoms with Gasteiger partial charge in [0, 0.05) is 18.0 Å². The van der Waals surface area contributed by atoms with E-state index in [1.165, 1.54) is 12.4 Å². The van der Waals surface area contributed by atoms with Crippen LogP contribution in [0.4, 0.5) is 5.69 Å². The molecule has 5 heteroatoms. The molecule has 26 heavy (non-hydrogen) atoms. The van der Waals surface area contributed by atoms with Gasteiger partial charge in [-0.1, -0.05) is 57.2 Å². The highest BCUT2D eigenvalue weighted by Crippen LogP contribution is 2.31. The second-order valence-corrected chi connectivity index (χ2v) is 7.10. The zero-order valence-electron chi connectivity index (χ0n) is 15.0. The van der Waals surface area contributed by atoms with Crippen molar-refractivity contribution in [3.63, 3.8) is 0 Å². The van der Waals surface area contributed by atoms with E-state index in [2.05, 4.69) is 36.1 Å². The van der Waals surface area contributed by atoms with Crippen molar-refractivity contribution >= 4 is 11.6 Å². The number of anilines is 1. The number of nitrogens with one attached hydrogen (secondary N) is 1. The van der Waals surface area contributed by atoms with E-state index in [1.807, 2.05) is 36.4 Å². The Kier molecular flexibility index (Phi) is 4.71. The fourth-order valence-corrected chi connectivity index (χ4v) is 2.48. The smallest absolute Gasteiger partial charge is 0.258 e. The summed E-state index contributed by atoms with van der Waals surface area (Å²) in [5, 5.41) is 12.8. The first-order valence-electron chi connectivity index (χ1n) is 8.37. The number of nitrogens with zero attached hydrogens (tertiary/aromatic N) is 2. The number of carbonyl (C=O) groups excluding carboxylic acids is 1. The highest BCUT2D eigenvalue weighted by Gasteiger charge is 2.17. The van der Waals surface area contributed by atoms with Crippen LogP contribution in [-0.2, 0) is 5.41 Å². The lowest BCUT2D eigenvalue weighted by molar-refractivity contribution is 0.102. The Morgan fingerprint density at radius 1 is 1.00 bits per heavy atom. The van der Waals surface area contributed by atoms with Crippen LogP contribution in [0.25, 0.3) is 11.4 Å². The number of amides is 1. The summed E-state index contributed by atoms with van der Waals surface area (Å²) < 4.78 is 0. The van der Waals surface area contributed by atoms with Crippen molar-refractivity contribution in [2.24, 2.45) is 0 Å². The molecule has 132 valence electrons. The van der Waals surface area contributed by atoms with E-state index >= 15 is 0 Å². The lowest BCUT2D eigenvalue weighted by Gasteiger charge is -2.20. The van der Waals surface area contributed by atoms with E-state index in [0.29, 0.717) is 17.1 Å². The highest BCUT2D eigenvalue weighted by atomic mass is 16.3. The van der Waals surface area contributed by atoms with E-state index in [-0.39, 0.29) is 17.1 Å². The largest absolute Gasteiger partial charge is 0.506 e. The summed E-state index contributed by atoms with van der Waals surface area (Å²) >= 11 is 0. The number of phenols is 1. The summed E-state index contributed by atoms with van der Waals surface area (Å²) in [5.41, 5.74) is 2.50. The topological polar surface area (TPSA) is 75.1 Å². The van der Waals surface area contributed by atoms with E-state index in [4.69, 9.17) is 0 Å². The molecule has 3 rings (SSSR count). The number of hydrogen-bond donors (Lipinski definition) is 2. The van der Waals surface area contributed by atoms with Gasteiger partial charge in [0.05, 0.1) is 11.3 Å². The van der Waals surface area contributed by atoms with Gasteiger partial charge in [-0.25, -0.2) is 9.97 Å². The number of aromatic hydroxyl groups is 1. The molecule has 0 bridgehead atoms. The van der Waals surface area contributed by atoms with Gasteiger partial charge in [0.2, 0.25) is 0 Å². The standard InChI is InChI=1S/C21H21N3O2/c1-21(2,3)16-9-10-18(25)17(11-16)24-20(26)15-12-22-19(23-13-15)14-7-5-4-6-8-14/h4-13,25H,1-3H3,(H,24,26). The maximum atomic E-state index is 12.5. The predicted octanol–water partition coefficient (Wildman–Crippen LogP) is 4.40. The predicted molar refractivity (Wildman–Crippen MR) is 102 cm³/mol. The Hall–Kier alpha value is -3.21. The van der Waals surface area contributed by atoms with Gasteiger partial charge in [-0.15, -0.1) is 0 Å². The van der Waals surface area contributed by atoms with E-state index in [1.54, 1.807) is 12.1 Å². The van der Waals surface area contributed by atoms with E-state index in [0.717, 1.165) is 11.1 Å². The summed E-state index contributed by atoms with van der Waals surface area (Å²) in [6, 6.07) is 14.8. The van der Waals surface area contributed by atoms with Crippen molar-refractivity contribution < 1.29 is 9.90 Å². The number of aromatic nitrogens is 2. The maximum absolute atomic E-state index is 12.5. The molecule has 0 aliphatic carbocycles. The van der Waals surface area contributed by atoms with Crippen molar-refractivity contribution in [2.75, 3.05) is 5.32 Å². The number of phenolic OH excluding ortho intramolecular Hbond substituents is 1. The average molecular weight is 347 g/mol. The molecule has 3 aromatic rings. The van der Waals surface area contributed by atoms with Crippen LogP contribution in [0.3, 0.4) is 0 Å². The molecule has 0 fully saturated rings. The number of benzene rings is 2. The molecule has 0 unspecified atom stereocenters. The van der Waals surface area contributed by atoms with Gasteiger partial charge >= 0.3 is 0 Å². The fraction of sp³-hybridized carbons (Fsp3) is 0.190. The maximum Gasteiger partial charge on any atom is 0.258 e. The quantitative estimate of drug-likeness (QED) is 0.689. The number of hydrogen-bond acceptors (Lipinski definition) is 4. The third kappa shape index (κ3) is 3.88. The van der Waals surface area contributed by atoms with Crippen LogP contribution in [0.2, 0.25) is 0 Å². The van der Waals surface area contributed by atoms with Crippen molar-refractivity contribution in [2.45, 2.75) is 26.2 Å². The summed E-state index contributed by atoms with van der Waals surface area (Å²) in [6.07, 6.45) is 2.96. The lowest BCUT2D eigenvalue weighted by atomic mass is 9.87. The molecule has 0 saturated carbocycles. The molecule has 1 heterocycles. The van der Waals surface area contributed by atoms with Crippen molar-refractivity contribution in [3.8, 4) is 17.1 Å². The first-order chi connectivity index (χ1) is 12.3. The molecular formula is C21H21N3O2. The van der Waals surface area contributed by atoms with Gasteiger partial charge in [0.15, 0.2) is 5.82 Å². The normalized spacial score (nSPS) is 11.2. The minimum atomic E-state index is -0.369. The van der Waals surface area contributed by atoms with Gasteiger partial charge in [0.25, 0.3) is 5.91 Å². The van der Waals surface area contributed by atoms with Gasteiger partial charge in [-0.05, 0) is 23.1 Å². The summed E-state index contributed by atoms with van der Waals surface area (Å²) in [5.74, 6) is 0.207. The second-order valence-electron chi connectivity index (χ2n) is 7.10. The highest BCUT2D eigenvalue weighted by molar-refractivity contribution is 6.04. The number of rotatable bonds is 3. The molecule has 0 radical (unpaired) electrons. The van der Waals surface area contributed by atoms with Crippen molar-refractivity contribution in [1.29, 1.82) is 0 Å². The van der Waals surface area contributed by atoms with Crippen LogP contribution < -0.4 is 5.32 Å². The van der Waals surface area contributed by atoms with Crippen molar-refractivity contribution in [1.82, 2.24) is 9.97 Å². The van der Waals surface area contributed by atoms with Crippen LogP contribution in [-0.4, -0.2) is 21.0 Å². The zero-order chi connectivity index (χ0) is 18.7. The molecular weight excluding hydrogens is 326 g/mol. The third-order valence-corrected chi connectivity index (χ3v) is 4.06. The molecule has 2 aromatic carbocycles. The van der Waals surface area contributed by atoms with Crippen LogP contribution in [0.15, 0.2) is 60.9 Å². The third-order valence-electron chi connectivity index (χ3n) is 4.06. The Labute approximate surface area is 152 Å². The monoisotopic (exact) mass is 347 g/mol. The Morgan fingerprint density at radius 3 is 2.27 bits per heavy atom. The first kappa shape index (κ1) is 17.6. The molecule has 2 N–H and O–H groups in total. The van der Waals surface area contributed by atoms with Crippen LogP contribution in [0, 0.1) is 0 Å². The zero-order valence-corrected chi connectivity index (χ0v) is 15.0. The molecule has 1 amide bonds. The van der Waals surface area contributed by atoms with Crippen LogP contribution in [0.1, 0.15) is 36.7 Å². The van der Waals surface area contributed by atoms with E-state index in [9.17, 15) is 9.90 Å². The Bertz CT molecular complexity index is 914. The number of carbonyl (C=O) groups is 1. The Balaban J connectivity index is 1.80.